The van der Waals surface area contributed by atoms with E-state index in [0.717, 1.165) is 11.1 Å². The maximum Gasteiger partial charge on any atom is 0.315 e. The van der Waals surface area contributed by atoms with Gasteiger partial charge < -0.3 is 20.3 Å². The van der Waals surface area contributed by atoms with Gasteiger partial charge in [-0.15, -0.1) is 0 Å². The molecule has 0 saturated carbocycles. The number of carbonyl (C=O) groups excluding carboxylic acids is 2. The van der Waals surface area contributed by atoms with Crippen LogP contribution in [0.2, 0.25) is 5.02 Å². The number of amides is 3. The summed E-state index contributed by atoms with van der Waals surface area (Å²) in [7, 11) is 0. The zero-order valence-corrected chi connectivity index (χ0v) is 16.3. The van der Waals surface area contributed by atoms with E-state index < -0.39 is 5.92 Å². The molecule has 1 aliphatic heterocycles. The summed E-state index contributed by atoms with van der Waals surface area (Å²) in [4.78, 5) is 27.1. The number of nitrogens with zero attached hydrogens (tertiary/aromatic N) is 1. The van der Waals surface area contributed by atoms with Crippen LogP contribution in [0, 0.1) is 0 Å². The number of carbonyl (C=O) groups is 2. The van der Waals surface area contributed by atoms with Crippen LogP contribution in [0.4, 0.5) is 4.79 Å². The molecule has 0 aromatic heterocycles. The van der Waals surface area contributed by atoms with Gasteiger partial charge in [0, 0.05) is 31.2 Å². The Hall–Kier alpha value is -2.57. The lowest BCUT2D eigenvalue weighted by atomic mass is 9.97. The van der Waals surface area contributed by atoms with Crippen molar-refractivity contribution >= 4 is 23.5 Å². The predicted molar refractivity (Wildman–Crippen MR) is 108 cm³/mol. The van der Waals surface area contributed by atoms with Crippen molar-refractivity contribution in [3.05, 3.63) is 70.7 Å². The van der Waals surface area contributed by atoms with E-state index in [1.807, 2.05) is 48.5 Å². The van der Waals surface area contributed by atoms with E-state index in [9.17, 15) is 9.59 Å². The van der Waals surface area contributed by atoms with Crippen LogP contribution in [-0.2, 0) is 16.1 Å². The van der Waals surface area contributed by atoms with Gasteiger partial charge in [0.15, 0.2) is 0 Å². The lowest BCUT2D eigenvalue weighted by Gasteiger charge is -2.30. The Bertz CT molecular complexity index is 794. The highest BCUT2D eigenvalue weighted by Gasteiger charge is 2.27. The number of halogens is 1. The van der Waals surface area contributed by atoms with Gasteiger partial charge in [-0.25, -0.2) is 4.79 Å². The van der Waals surface area contributed by atoms with Gasteiger partial charge in [0.2, 0.25) is 5.91 Å². The van der Waals surface area contributed by atoms with Crippen LogP contribution in [-0.4, -0.2) is 49.7 Å². The van der Waals surface area contributed by atoms with E-state index in [0.29, 0.717) is 37.9 Å². The minimum absolute atomic E-state index is 0.000837. The summed E-state index contributed by atoms with van der Waals surface area (Å²) in [5.41, 5.74) is 1.72. The van der Waals surface area contributed by atoms with Gasteiger partial charge in [0.05, 0.1) is 19.1 Å². The number of urea groups is 1. The first-order chi connectivity index (χ1) is 13.6. The molecule has 2 aromatic carbocycles. The summed E-state index contributed by atoms with van der Waals surface area (Å²) in [6.45, 7) is 2.76. The zero-order chi connectivity index (χ0) is 19.8. The molecule has 1 aliphatic rings. The van der Waals surface area contributed by atoms with E-state index in [4.69, 9.17) is 16.3 Å². The van der Waals surface area contributed by atoms with Gasteiger partial charge in [0.25, 0.3) is 0 Å². The fourth-order valence-corrected chi connectivity index (χ4v) is 3.31. The monoisotopic (exact) mass is 401 g/mol. The highest BCUT2D eigenvalue weighted by atomic mass is 35.5. The topological polar surface area (TPSA) is 70.7 Å². The number of hydrogen-bond donors (Lipinski definition) is 2. The molecule has 0 bridgehead atoms. The second kappa shape index (κ2) is 10.1. The highest BCUT2D eigenvalue weighted by molar-refractivity contribution is 6.31. The van der Waals surface area contributed by atoms with Crippen LogP contribution in [0.15, 0.2) is 54.6 Å². The first-order valence-electron chi connectivity index (χ1n) is 9.31. The van der Waals surface area contributed by atoms with Crippen molar-refractivity contribution in [3.63, 3.8) is 0 Å². The van der Waals surface area contributed by atoms with Crippen LogP contribution in [0.5, 0.6) is 0 Å². The fraction of sp³-hybridized carbons (Fsp3) is 0.333. The minimum atomic E-state index is -0.439. The molecule has 3 rings (SSSR count). The van der Waals surface area contributed by atoms with E-state index in [1.54, 1.807) is 11.0 Å². The minimum Gasteiger partial charge on any atom is -0.378 e. The largest absolute Gasteiger partial charge is 0.378 e. The van der Waals surface area contributed by atoms with Gasteiger partial charge >= 0.3 is 6.03 Å². The van der Waals surface area contributed by atoms with Crippen LogP contribution >= 0.6 is 11.6 Å². The first-order valence-corrected chi connectivity index (χ1v) is 9.69. The lowest BCUT2D eigenvalue weighted by Crippen LogP contribution is -2.46. The molecule has 6 nitrogen and oxygen atoms in total. The molecule has 2 N–H and O–H groups in total. The molecule has 1 heterocycles. The number of morpholine rings is 1. The molecule has 0 aliphatic carbocycles. The molecule has 1 fully saturated rings. The average Bonchev–Trinajstić information content (AvgIpc) is 2.74. The number of nitrogens with one attached hydrogen (secondary N) is 2. The third-order valence-corrected chi connectivity index (χ3v) is 5.06. The van der Waals surface area contributed by atoms with Crippen LogP contribution < -0.4 is 10.6 Å². The molecule has 3 amide bonds. The van der Waals surface area contributed by atoms with Crippen molar-refractivity contribution in [2.45, 2.75) is 12.5 Å². The molecular formula is C21H24ClN3O3. The number of rotatable bonds is 6. The summed E-state index contributed by atoms with van der Waals surface area (Å²) in [5, 5.41) is 6.21. The molecular weight excluding hydrogens is 378 g/mol. The summed E-state index contributed by atoms with van der Waals surface area (Å²) in [6.07, 6.45) is 0. The third kappa shape index (κ3) is 5.47. The van der Waals surface area contributed by atoms with E-state index in [-0.39, 0.29) is 18.5 Å². The van der Waals surface area contributed by atoms with E-state index >= 15 is 0 Å². The SMILES string of the molecule is O=C(NCc1ccccc1Cl)NCC(C(=O)N1CCOCC1)c1ccccc1. The second-order valence-electron chi connectivity index (χ2n) is 6.56. The zero-order valence-electron chi connectivity index (χ0n) is 15.6. The van der Waals surface area contributed by atoms with E-state index in [1.165, 1.54) is 0 Å². The summed E-state index contributed by atoms with van der Waals surface area (Å²) in [5.74, 6) is -0.439. The van der Waals surface area contributed by atoms with Crippen LogP contribution in [0.3, 0.4) is 0 Å². The molecule has 28 heavy (non-hydrogen) atoms. The Morgan fingerprint density at radius 1 is 1.00 bits per heavy atom. The number of ether oxygens (including phenoxy) is 1. The van der Waals surface area contributed by atoms with Crippen LogP contribution in [0.1, 0.15) is 17.0 Å². The molecule has 2 aromatic rings. The van der Waals surface area contributed by atoms with Crippen molar-refractivity contribution in [3.8, 4) is 0 Å². The highest BCUT2D eigenvalue weighted by Crippen LogP contribution is 2.19. The fourth-order valence-electron chi connectivity index (χ4n) is 3.11. The summed E-state index contributed by atoms with van der Waals surface area (Å²) in [6, 6.07) is 16.5. The van der Waals surface area contributed by atoms with Crippen molar-refractivity contribution in [1.29, 1.82) is 0 Å². The Morgan fingerprint density at radius 2 is 1.68 bits per heavy atom. The number of hydrogen-bond acceptors (Lipinski definition) is 3. The second-order valence-corrected chi connectivity index (χ2v) is 6.96. The average molecular weight is 402 g/mol. The van der Waals surface area contributed by atoms with Crippen molar-refractivity contribution < 1.29 is 14.3 Å². The molecule has 1 atom stereocenters. The van der Waals surface area contributed by atoms with Crippen molar-refractivity contribution in [1.82, 2.24) is 15.5 Å². The van der Waals surface area contributed by atoms with Gasteiger partial charge in [0.1, 0.15) is 0 Å². The van der Waals surface area contributed by atoms with Gasteiger partial charge in [-0.05, 0) is 17.2 Å². The number of benzene rings is 2. The Labute approximate surface area is 169 Å². The summed E-state index contributed by atoms with van der Waals surface area (Å²) >= 11 is 6.11. The van der Waals surface area contributed by atoms with Gasteiger partial charge in [-0.2, -0.15) is 0 Å². The molecule has 0 spiro atoms. The van der Waals surface area contributed by atoms with Gasteiger partial charge in [-0.3, -0.25) is 4.79 Å². The van der Waals surface area contributed by atoms with Gasteiger partial charge in [-0.1, -0.05) is 60.1 Å². The maximum atomic E-state index is 13.0. The smallest absolute Gasteiger partial charge is 0.315 e. The standard InChI is InChI=1S/C21H24ClN3O3/c22-19-9-5-4-8-17(19)14-23-21(27)24-15-18(16-6-2-1-3-7-16)20(26)25-10-12-28-13-11-25/h1-9,18H,10-15H2,(H2,23,24,27). The molecule has 0 radical (unpaired) electrons. The predicted octanol–water partition coefficient (Wildman–Crippen LogP) is 2.78. The Kier molecular flexibility index (Phi) is 7.28. The first kappa shape index (κ1) is 20.2. The maximum absolute atomic E-state index is 13.0. The molecule has 7 heteroatoms. The normalized spacial score (nSPS) is 15.0. The molecule has 148 valence electrons. The van der Waals surface area contributed by atoms with Crippen molar-refractivity contribution in [2.75, 3.05) is 32.8 Å². The van der Waals surface area contributed by atoms with Crippen molar-refractivity contribution in [2.24, 2.45) is 0 Å². The Morgan fingerprint density at radius 3 is 2.39 bits per heavy atom. The summed E-state index contributed by atoms with van der Waals surface area (Å²) < 4.78 is 5.33. The molecule has 1 unspecified atom stereocenters. The molecule has 1 saturated heterocycles. The van der Waals surface area contributed by atoms with Crippen LogP contribution in [0.25, 0.3) is 0 Å². The third-order valence-electron chi connectivity index (χ3n) is 4.69. The van der Waals surface area contributed by atoms with E-state index in [2.05, 4.69) is 10.6 Å². The lowest BCUT2D eigenvalue weighted by molar-refractivity contribution is -0.136. The quantitative estimate of drug-likeness (QED) is 0.781. The Balaban J connectivity index is 1.60.